The van der Waals surface area contributed by atoms with Gasteiger partial charge >= 0.3 is 0 Å². The highest BCUT2D eigenvalue weighted by Crippen LogP contribution is 2.29. The molecule has 23 heavy (non-hydrogen) atoms. The second-order valence-corrected chi connectivity index (χ2v) is 5.41. The third-order valence-corrected chi connectivity index (χ3v) is 4.00. The fourth-order valence-electron chi connectivity index (χ4n) is 2.86. The molecule has 0 spiro atoms. The number of aromatic nitrogens is 3. The number of furan rings is 1. The van der Waals surface area contributed by atoms with Crippen LogP contribution in [0.4, 0.5) is 0 Å². The molecule has 0 saturated carbocycles. The van der Waals surface area contributed by atoms with Crippen molar-refractivity contribution < 1.29 is 4.42 Å². The molecule has 0 amide bonds. The summed E-state index contributed by atoms with van der Waals surface area (Å²) in [4.78, 5) is 13.4. The summed E-state index contributed by atoms with van der Waals surface area (Å²) in [7, 11) is 0. The molecule has 0 aliphatic rings. The van der Waals surface area contributed by atoms with Gasteiger partial charge in [0.25, 0.3) is 0 Å². The number of nitrogens with zero attached hydrogens (tertiary/aromatic N) is 3. The van der Waals surface area contributed by atoms with E-state index in [1.165, 1.54) is 0 Å². The molecule has 0 saturated heterocycles. The Labute approximate surface area is 131 Å². The van der Waals surface area contributed by atoms with Gasteiger partial charge in [-0.25, -0.2) is 9.97 Å². The van der Waals surface area contributed by atoms with Gasteiger partial charge in [-0.2, -0.15) is 0 Å². The van der Waals surface area contributed by atoms with Gasteiger partial charge in [0.05, 0.1) is 16.9 Å². The van der Waals surface area contributed by atoms with Crippen LogP contribution < -0.4 is 0 Å². The third kappa shape index (κ3) is 1.89. The molecular weight excluding hydrogens is 286 g/mol. The van der Waals surface area contributed by atoms with Crippen molar-refractivity contribution in [1.82, 2.24) is 15.0 Å². The molecule has 0 fully saturated rings. The van der Waals surface area contributed by atoms with Crippen LogP contribution in [0.15, 0.2) is 71.4 Å². The molecular formula is C19H11N3O. The lowest BCUT2D eigenvalue weighted by Gasteiger charge is -2.02. The first kappa shape index (κ1) is 12.3. The van der Waals surface area contributed by atoms with E-state index in [2.05, 4.69) is 15.0 Å². The molecule has 4 heterocycles. The molecule has 0 N–H and O–H groups in total. The quantitative estimate of drug-likeness (QED) is 0.454. The number of rotatable bonds is 1. The van der Waals surface area contributed by atoms with Crippen LogP contribution in [0.1, 0.15) is 0 Å². The van der Waals surface area contributed by atoms with Gasteiger partial charge in [0, 0.05) is 28.6 Å². The molecule has 5 aromatic rings. The summed E-state index contributed by atoms with van der Waals surface area (Å²) in [5.41, 5.74) is 4.02. The maximum Gasteiger partial charge on any atom is 0.227 e. The lowest BCUT2D eigenvalue weighted by Crippen LogP contribution is -1.88. The Balaban J connectivity index is 1.73. The number of hydrogen-bond acceptors (Lipinski definition) is 4. The summed E-state index contributed by atoms with van der Waals surface area (Å²) in [5, 5.41) is 3.12. The van der Waals surface area contributed by atoms with E-state index in [4.69, 9.17) is 4.42 Å². The molecule has 1 aromatic carbocycles. The minimum absolute atomic E-state index is 0.639. The second kappa shape index (κ2) is 4.61. The maximum atomic E-state index is 5.85. The first-order valence-corrected chi connectivity index (χ1v) is 7.38. The zero-order chi connectivity index (χ0) is 15.2. The van der Waals surface area contributed by atoms with Crippen LogP contribution in [-0.2, 0) is 0 Å². The molecule has 0 atom stereocenters. The SMILES string of the molecule is c1ccc2c(c1)oc1nc(-c3ccc4cnccc4n3)ccc12. The molecule has 4 nitrogen and oxygen atoms in total. The summed E-state index contributed by atoms with van der Waals surface area (Å²) in [6.45, 7) is 0. The smallest absolute Gasteiger partial charge is 0.227 e. The maximum absolute atomic E-state index is 5.85. The molecule has 4 heteroatoms. The number of para-hydroxylation sites is 1. The average molecular weight is 297 g/mol. The van der Waals surface area contributed by atoms with Gasteiger partial charge in [0.1, 0.15) is 5.58 Å². The van der Waals surface area contributed by atoms with Gasteiger partial charge in [-0.1, -0.05) is 18.2 Å². The molecule has 0 unspecified atom stereocenters. The number of hydrogen-bond donors (Lipinski definition) is 0. The van der Waals surface area contributed by atoms with E-state index in [0.29, 0.717) is 5.71 Å². The van der Waals surface area contributed by atoms with E-state index in [1.54, 1.807) is 6.20 Å². The lowest BCUT2D eigenvalue weighted by atomic mass is 10.1. The van der Waals surface area contributed by atoms with Gasteiger partial charge in [0.15, 0.2) is 0 Å². The number of pyridine rings is 3. The molecule has 4 aromatic heterocycles. The fourth-order valence-corrected chi connectivity index (χ4v) is 2.86. The fraction of sp³-hybridized carbons (Fsp3) is 0. The highest BCUT2D eigenvalue weighted by molar-refractivity contribution is 6.03. The predicted molar refractivity (Wildman–Crippen MR) is 90.0 cm³/mol. The van der Waals surface area contributed by atoms with E-state index < -0.39 is 0 Å². The van der Waals surface area contributed by atoms with Gasteiger partial charge in [0.2, 0.25) is 5.71 Å². The van der Waals surface area contributed by atoms with E-state index in [0.717, 1.165) is 38.6 Å². The van der Waals surface area contributed by atoms with Crippen LogP contribution in [0, 0.1) is 0 Å². The molecule has 108 valence electrons. The summed E-state index contributed by atoms with van der Waals surface area (Å²) in [6.07, 6.45) is 3.55. The van der Waals surface area contributed by atoms with Crippen LogP contribution in [0.5, 0.6) is 0 Å². The van der Waals surface area contributed by atoms with Crippen LogP contribution in [0.2, 0.25) is 0 Å². The van der Waals surface area contributed by atoms with Gasteiger partial charge in [-0.3, -0.25) is 4.98 Å². The van der Waals surface area contributed by atoms with E-state index in [-0.39, 0.29) is 0 Å². The third-order valence-electron chi connectivity index (χ3n) is 4.00. The monoisotopic (exact) mass is 297 g/mol. The predicted octanol–water partition coefficient (Wildman–Crippen LogP) is 4.59. The zero-order valence-corrected chi connectivity index (χ0v) is 12.1. The minimum Gasteiger partial charge on any atom is -0.438 e. The van der Waals surface area contributed by atoms with Gasteiger partial charge < -0.3 is 4.42 Å². The molecule has 0 aliphatic carbocycles. The normalized spacial score (nSPS) is 11.5. The summed E-state index contributed by atoms with van der Waals surface area (Å²) in [6, 6.07) is 17.9. The highest BCUT2D eigenvalue weighted by Gasteiger charge is 2.10. The van der Waals surface area contributed by atoms with Crippen molar-refractivity contribution in [2.75, 3.05) is 0 Å². The Morgan fingerprint density at radius 3 is 2.61 bits per heavy atom. The van der Waals surface area contributed by atoms with Crippen molar-refractivity contribution >= 4 is 33.0 Å². The Bertz CT molecular complexity index is 1180. The summed E-state index contributed by atoms with van der Waals surface area (Å²) in [5.74, 6) is 0. The standard InChI is InChI=1S/C19H11N3O/c1-2-4-18-13(3-1)14-6-8-17(22-19(14)23-18)16-7-5-12-11-20-10-9-15(12)21-16/h1-11H. The number of benzene rings is 1. The first-order chi connectivity index (χ1) is 11.4. The van der Waals surface area contributed by atoms with Crippen molar-refractivity contribution in [3.05, 3.63) is 67.0 Å². The van der Waals surface area contributed by atoms with Crippen molar-refractivity contribution in [2.24, 2.45) is 0 Å². The number of fused-ring (bicyclic) bond motifs is 4. The molecule has 0 radical (unpaired) electrons. The Hall–Kier alpha value is -3.27. The van der Waals surface area contributed by atoms with Crippen LogP contribution in [0.3, 0.4) is 0 Å². The van der Waals surface area contributed by atoms with Gasteiger partial charge in [-0.05, 0) is 36.4 Å². The molecule has 0 aliphatic heterocycles. The van der Waals surface area contributed by atoms with Crippen LogP contribution in [-0.4, -0.2) is 15.0 Å². The van der Waals surface area contributed by atoms with Gasteiger partial charge in [-0.15, -0.1) is 0 Å². The Morgan fingerprint density at radius 1 is 0.739 bits per heavy atom. The van der Waals surface area contributed by atoms with E-state index >= 15 is 0 Å². The highest BCUT2D eigenvalue weighted by atomic mass is 16.3. The topological polar surface area (TPSA) is 51.8 Å². The summed E-state index contributed by atoms with van der Waals surface area (Å²) < 4.78 is 5.85. The van der Waals surface area contributed by atoms with Crippen LogP contribution in [0.25, 0.3) is 44.4 Å². The zero-order valence-electron chi connectivity index (χ0n) is 12.1. The lowest BCUT2D eigenvalue weighted by molar-refractivity contribution is 0.654. The van der Waals surface area contributed by atoms with Crippen molar-refractivity contribution in [2.45, 2.75) is 0 Å². The summed E-state index contributed by atoms with van der Waals surface area (Å²) >= 11 is 0. The average Bonchev–Trinajstić information content (AvgIpc) is 2.99. The second-order valence-electron chi connectivity index (χ2n) is 5.41. The Kier molecular flexibility index (Phi) is 2.46. The molecule has 5 rings (SSSR count). The minimum atomic E-state index is 0.639. The van der Waals surface area contributed by atoms with Crippen LogP contribution >= 0.6 is 0 Å². The Morgan fingerprint density at radius 2 is 1.61 bits per heavy atom. The van der Waals surface area contributed by atoms with E-state index in [9.17, 15) is 0 Å². The molecule has 0 bridgehead atoms. The van der Waals surface area contributed by atoms with Crippen molar-refractivity contribution in [1.29, 1.82) is 0 Å². The van der Waals surface area contributed by atoms with Crippen molar-refractivity contribution in [3.63, 3.8) is 0 Å². The van der Waals surface area contributed by atoms with Crippen molar-refractivity contribution in [3.8, 4) is 11.4 Å². The van der Waals surface area contributed by atoms with E-state index in [1.807, 2.05) is 60.8 Å². The largest absolute Gasteiger partial charge is 0.438 e. The first-order valence-electron chi connectivity index (χ1n) is 7.38.